The maximum Gasteiger partial charge on any atom is 0.265 e. The van der Waals surface area contributed by atoms with Crippen molar-refractivity contribution in [2.45, 2.75) is 13.0 Å². The van der Waals surface area contributed by atoms with E-state index in [1.807, 2.05) is 24.4 Å². The van der Waals surface area contributed by atoms with Crippen molar-refractivity contribution in [1.29, 1.82) is 0 Å². The van der Waals surface area contributed by atoms with E-state index in [0.29, 0.717) is 21.9 Å². The molecule has 2 amide bonds. The topological polar surface area (TPSA) is 71.3 Å². The number of carbonyl (C=O) groups excluding carboxylic acids is 2. The number of hydrogen-bond donors (Lipinski definition) is 2. The lowest BCUT2D eigenvalue weighted by Gasteiger charge is -2.12. The highest BCUT2D eigenvalue weighted by molar-refractivity contribution is 7.12. The maximum absolute atomic E-state index is 12.2. The second-order valence-electron chi connectivity index (χ2n) is 5.22. The first kappa shape index (κ1) is 16.0. The van der Waals surface area contributed by atoms with Crippen LogP contribution in [0.25, 0.3) is 0 Å². The van der Waals surface area contributed by atoms with Crippen LogP contribution in [0.1, 0.15) is 38.8 Å². The Balaban J connectivity index is 1.61. The summed E-state index contributed by atoms with van der Waals surface area (Å²) in [5.41, 5.74) is 1.16. The number of hydrogen-bond acceptors (Lipinski definition) is 4. The average Bonchev–Trinajstić information content (AvgIpc) is 3.29. The first-order chi connectivity index (χ1) is 11.6. The number of thiophene rings is 1. The number of carbonyl (C=O) groups is 2. The van der Waals surface area contributed by atoms with Crippen molar-refractivity contribution in [3.05, 3.63) is 76.4 Å². The van der Waals surface area contributed by atoms with Crippen LogP contribution in [0.15, 0.2) is 64.6 Å². The average molecular weight is 340 g/mol. The van der Waals surface area contributed by atoms with Gasteiger partial charge in [-0.1, -0.05) is 6.07 Å². The summed E-state index contributed by atoms with van der Waals surface area (Å²) in [4.78, 5) is 24.9. The Labute approximate surface area is 143 Å². The molecule has 0 bridgehead atoms. The van der Waals surface area contributed by atoms with Gasteiger partial charge in [0.1, 0.15) is 5.76 Å². The number of anilines is 1. The van der Waals surface area contributed by atoms with E-state index in [1.165, 1.54) is 11.3 Å². The van der Waals surface area contributed by atoms with Crippen LogP contribution in [0, 0.1) is 0 Å². The monoisotopic (exact) mass is 340 g/mol. The smallest absolute Gasteiger partial charge is 0.265 e. The summed E-state index contributed by atoms with van der Waals surface area (Å²) in [5.74, 6) is 0.340. The second kappa shape index (κ2) is 7.14. The predicted molar refractivity (Wildman–Crippen MR) is 93.3 cm³/mol. The lowest BCUT2D eigenvalue weighted by molar-refractivity contribution is 0.0935. The lowest BCUT2D eigenvalue weighted by Crippen LogP contribution is -2.26. The molecule has 6 heteroatoms. The second-order valence-corrected chi connectivity index (χ2v) is 6.17. The Morgan fingerprint density at radius 1 is 1.04 bits per heavy atom. The Morgan fingerprint density at radius 2 is 1.83 bits per heavy atom. The molecule has 0 aliphatic heterocycles. The van der Waals surface area contributed by atoms with E-state index >= 15 is 0 Å². The quantitative estimate of drug-likeness (QED) is 0.735. The van der Waals surface area contributed by atoms with Crippen molar-refractivity contribution in [1.82, 2.24) is 5.32 Å². The fourth-order valence-corrected chi connectivity index (χ4v) is 2.81. The molecule has 0 spiro atoms. The van der Waals surface area contributed by atoms with Gasteiger partial charge < -0.3 is 15.1 Å². The number of rotatable bonds is 5. The summed E-state index contributed by atoms with van der Waals surface area (Å²) >= 11 is 1.38. The normalized spacial score (nSPS) is 11.7. The van der Waals surface area contributed by atoms with Crippen molar-refractivity contribution in [2.75, 3.05) is 5.32 Å². The lowest BCUT2D eigenvalue weighted by atomic mass is 10.1. The van der Waals surface area contributed by atoms with Crippen LogP contribution in [-0.4, -0.2) is 11.8 Å². The van der Waals surface area contributed by atoms with Crippen LogP contribution < -0.4 is 10.6 Å². The molecule has 24 heavy (non-hydrogen) atoms. The SMILES string of the molecule is C[C@H](NC(=O)c1ccc(NC(=O)c2cccs2)cc1)c1ccco1. The van der Waals surface area contributed by atoms with Crippen molar-refractivity contribution in [3.63, 3.8) is 0 Å². The van der Waals surface area contributed by atoms with Crippen LogP contribution >= 0.6 is 11.3 Å². The van der Waals surface area contributed by atoms with E-state index in [4.69, 9.17) is 4.42 Å². The Morgan fingerprint density at radius 3 is 2.46 bits per heavy atom. The van der Waals surface area contributed by atoms with Gasteiger partial charge in [-0.25, -0.2) is 0 Å². The van der Waals surface area contributed by atoms with Crippen molar-refractivity contribution in [3.8, 4) is 0 Å². The molecule has 3 aromatic rings. The molecular weight excluding hydrogens is 324 g/mol. The molecule has 122 valence electrons. The van der Waals surface area contributed by atoms with Crippen LogP contribution in [0.5, 0.6) is 0 Å². The van der Waals surface area contributed by atoms with Crippen LogP contribution in [0.4, 0.5) is 5.69 Å². The highest BCUT2D eigenvalue weighted by atomic mass is 32.1. The third-order valence-electron chi connectivity index (χ3n) is 3.47. The Hall–Kier alpha value is -2.86. The molecule has 1 aromatic carbocycles. The van der Waals surface area contributed by atoms with Crippen molar-refractivity contribution < 1.29 is 14.0 Å². The molecule has 0 unspecified atom stereocenters. The van der Waals surface area contributed by atoms with Crippen molar-refractivity contribution >= 4 is 28.8 Å². The highest BCUT2D eigenvalue weighted by Crippen LogP contribution is 2.16. The van der Waals surface area contributed by atoms with Gasteiger partial charge in [-0.15, -0.1) is 11.3 Å². The zero-order chi connectivity index (χ0) is 16.9. The van der Waals surface area contributed by atoms with Gasteiger partial charge in [-0.05, 0) is 54.8 Å². The summed E-state index contributed by atoms with van der Waals surface area (Å²) < 4.78 is 5.27. The van der Waals surface area contributed by atoms with Crippen molar-refractivity contribution in [2.24, 2.45) is 0 Å². The zero-order valence-electron chi connectivity index (χ0n) is 13.0. The zero-order valence-corrected chi connectivity index (χ0v) is 13.8. The van der Waals surface area contributed by atoms with Gasteiger partial charge in [0, 0.05) is 11.3 Å². The minimum atomic E-state index is -0.217. The molecule has 0 aliphatic rings. The van der Waals surface area contributed by atoms with E-state index in [1.54, 1.807) is 42.7 Å². The van der Waals surface area contributed by atoms with Gasteiger partial charge >= 0.3 is 0 Å². The Kier molecular flexibility index (Phi) is 4.77. The summed E-state index contributed by atoms with van der Waals surface area (Å²) in [6, 6.07) is 13.7. The van der Waals surface area contributed by atoms with Gasteiger partial charge in [0.05, 0.1) is 17.2 Å². The minimum Gasteiger partial charge on any atom is -0.467 e. The molecule has 0 fully saturated rings. The van der Waals surface area contributed by atoms with Gasteiger partial charge in [0.15, 0.2) is 0 Å². The molecule has 0 saturated carbocycles. The summed E-state index contributed by atoms with van der Waals surface area (Å²) in [6.07, 6.45) is 1.57. The van der Waals surface area contributed by atoms with E-state index in [0.717, 1.165) is 0 Å². The van der Waals surface area contributed by atoms with Gasteiger partial charge in [-0.2, -0.15) is 0 Å². The van der Waals surface area contributed by atoms with Gasteiger partial charge in [-0.3, -0.25) is 9.59 Å². The number of furan rings is 1. The molecule has 2 aromatic heterocycles. The highest BCUT2D eigenvalue weighted by Gasteiger charge is 2.13. The molecule has 0 aliphatic carbocycles. The third kappa shape index (κ3) is 3.72. The van der Waals surface area contributed by atoms with E-state index in [9.17, 15) is 9.59 Å². The fraction of sp³-hybridized carbons (Fsp3) is 0.111. The van der Waals surface area contributed by atoms with Crippen LogP contribution in [0.2, 0.25) is 0 Å². The molecule has 2 heterocycles. The maximum atomic E-state index is 12.2. The van der Waals surface area contributed by atoms with Gasteiger partial charge in [0.25, 0.3) is 11.8 Å². The number of benzene rings is 1. The molecule has 2 N–H and O–H groups in total. The molecule has 1 atom stereocenters. The predicted octanol–water partition coefficient (Wildman–Crippen LogP) is 4.08. The van der Waals surface area contributed by atoms with Crippen LogP contribution in [-0.2, 0) is 0 Å². The van der Waals surface area contributed by atoms with Crippen LogP contribution in [0.3, 0.4) is 0 Å². The first-order valence-corrected chi connectivity index (χ1v) is 8.30. The van der Waals surface area contributed by atoms with E-state index in [2.05, 4.69) is 10.6 Å². The van der Waals surface area contributed by atoms with Gasteiger partial charge in [0.2, 0.25) is 0 Å². The standard InChI is InChI=1S/C18H16N2O3S/c1-12(15-4-2-10-23-15)19-17(21)13-6-8-14(9-7-13)20-18(22)16-5-3-11-24-16/h2-12H,1H3,(H,19,21)(H,20,22)/t12-/m0/s1. The molecule has 3 rings (SSSR count). The third-order valence-corrected chi connectivity index (χ3v) is 4.34. The largest absolute Gasteiger partial charge is 0.467 e. The first-order valence-electron chi connectivity index (χ1n) is 7.42. The van der Waals surface area contributed by atoms with E-state index in [-0.39, 0.29) is 17.9 Å². The minimum absolute atomic E-state index is 0.159. The molecule has 0 radical (unpaired) electrons. The van der Waals surface area contributed by atoms with E-state index < -0.39 is 0 Å². The number of nitrogens with one attached hydrogen (secondary N) is 2. The fourth-order valence-electron chi connectivity index (χ4n) is 2.19. The molecule has 0 saturated heterocycles. The molecule has 5 nitrogen and oxygen atoms in total. The molecular formula is C18H16N2O3S. The Bertz CT molecular complexity index is 809. The summed E-state index contributed by atoms with van der Waals surface area (Å²) in [7, 11) is 0. The number of amides is 2. The summed E-state index contributed by atoms with van der Waals surface area (Å²) in [5, 5.41) is 7.51. The summed E-state index contributed by atoms with van der Waals surface area (Å²) in [6.45, 7) is 1.85.